The van der Waals surface area contributed by atoms with Crippen LogP contribution in [-0.2, 0) is 6.42 Å². The Bertz CT molecular complexity index is 752. The first kappa shape index (κ1) is 15.1. The molecule has 1 N–H and O–H groups in total. The van der Waals surface area contributed by atoms with Crippen LogP contribution in [0.3, 0.4) is 0 Å². The summed E-state index contributed by atoms with van der Waals surface area (Å²) in [6.45, 7) is 4.70. The molecule has 1 saturated heterocycles. The second-order valence-corrected chi connectivity index (χ2v) is 6.73. The number of fused-ring (bicyclic) bond motifs is 1. The van der Waals surface area contributed by atoms with Crippen molar-refractivity contribution >= 4 is 17.4 Å². The average molecular weight is 321 g/mol. The van der Waals surface area contributed by atoms with E-state index in [0.717, 1.165) is 37.3 Å². The molecule has 1 fully saturated rings. The maximum atomic E-state index is 12.4. The van der Waals surface area contributed by atoms with Gasteiger partial charge >= 0.3 is 6.03 Å². The first-order valence-corrected chi connectivity index (χ1v) is 8.68. The lowest BCUT2D eigenvalue weighted by atomic mass is 9.97. The molecule has 4 heteroatoms. The molecule has 0 aliphatic carbocycles. The van der Waals surface area contributed by atoms with Crippen molar-refractivity contribution in [1.29, 1.82) is 0 Å². The Kier molecular flexibility index (Phi) is 3.89. The predicted molar refractivity (Wildman–Crippen MR) is 97.7 cm³/mol. The Labute approximate surface area is 143 Å². The maximum absolute atomic E-state index is 12.4. The van der Waals surface area contributed by atoms with E-state index in [2.05, 4.69) is 34.5 Å². The smallest absolute Gasteiger partial charge is 0.321 e. The van der Waals surface area contributed by atoms with Crippen LogP contribution in [0, 0.1) is 6.92 Å². The van der Waals surface area contributed by atoms with Crippen molar-refractivity contribution in [3.8, 4) is 0 Å². The minimum Gasteiger partial charge on any atom is -0.365 e. The van der Waals surface area contributed by atoms with Crippen molar-refractivity contribution in [3.63, 3.8) is 0 Å². The van der Waals surface area contributed by atoms with Gasteiger partial charge in [0, 0.05) is 31.0 Å². The van der Waals surface area contributed by atoms with Crippen molar-refractivity contribution in [1.82, 2.24) is 4.90 Å². The van der Waals surface area contributed by atoms with E-state index in [0.29, 0.717) is 6.04 Å². The Balaban J connectivity index is 1.39. The highest BCUT2D eigenvalue weighted by Gasteiger charge is 2.36. The zero-order valence-corrected chi connectivity index (χ0v) is 14.0. The van der Waals surface area contributed by atoms with Crippen LogP contribution in [0.15, 0.2) is 48.5 Å². The summed E-state index contributed by atoms with van der Waals surface area (Å²) < 4.78 is 0. The number of likely N-dealkylation sites (tertiary alicyclic amines) is 1. The van der Waals surface area contributed by atoms with Gasteiger partial charge in [-0.15, -0.1) is 0 Å². The number of amides is 2. The fourth-order valence-electron chi connectivity index (χ4n) is 3.67. The maximum Gasteiger partial charge on any atom is 0.321 e. The number of nitrogens with zero attached hydrogens (tertiary/aromatic N) is 2. The summed E-state index contributed by atoms with van der Waals surface area (Å²) >= 11 is 0. The Hall–Kier alpha value is -2.49. The minimum atomic E-state index is 0.00541. The van der Waals surface area contributed by atoms with E-state index in [9.17, 15) is 4.79 Å². The highest BCUT2D eigenvalue weighted by atomic mass is 16.2. The van der Waals surface area contributed by atoms with Crippen LogP contribution in [0.1, 0.15) is 17.5 Å². The van der Waals surface area contributed by atoms with Gasteiger partial charge in [0.25, 0.3) is 0 Å². The largest absolute Gasteiger partial charge is 0.365 e. The molecule has 24 heavy (non-hydrogen) atoms. The van der Waals surface area contributed by atoms with Crippen LogP contribution in [-0.4, -0.2) is 36.6 Å². The van der Waals surface area contributed by atoms with Gasteiger partial charge in [0.1, 0.15) is 0 Å². The molecular weight excluding hydrogens is 298 g/mol. The van der Waals surface area contributed by atoms with Gasteiger partial charge in [0.05, 0.1) is 6.04 Å². The van der Waals surface area contributed by atoms with Gasteiger partial charge in [0.15, 0.2) is 0 Å². The number of carbonyl (C=O) groups is 1. The number of para-hydroxylation sites is 2. The molecule has 0 unspecified atom stereocenters. The fourth-order valence-corrected chi connectivity index (χ4v) is 3.67. The lowest BCUT2D eigenvalue weighted by Gasteiger charge is -2.48. The van der Waals surface area contributed by atoms with Gasteiger partial charge in [-0.2, -0.15) is 0 Å². The predicted octanol–water partition coefficient (Wildman–Crippen LogP) is 3.66. The summed E-state index contributed by atoms with van der Waals surface area (Å²) in [5.74, 6) is 0. The number of benzene rings is 2. The van der Waals surface area contributed by atoms with Crippen LogP contribution in [0.25, 0.3) is 0 Å². The molecule has 124 valence electrons. The summed E-state index contributed by atoms with van der Waals surface area (Å²) in [5.41, 5.74) is 4.78. The number of hydrogen-bond donors (Lipinski definition) is 1. The third kappa shape index (κ3) is 2.73. The summed E-state index contributed by atoms with van der Waals surface area (Å²) in [7, 11) is 0. The molecule has 2 aromatic carbocycles. The van der Waals surface area contributed by atoms with Gasteiger partial charge in [-0.3, -0.25) is 0 Å². The van der Waals surface area contributed by atoms with Gasteiger partial charge < -0.3 is 15.1 Å². The topological polar surface area (TPSA) is 35.6 Å². The summed E-state index contributed by atoms with van der Waals surface area (Å²) in [6, 6.07) is 17.0. The molecule has 0 spiro atoms. The fraction of sp³-hybridized carbons (Fsp3) is 0.350. The van der Waals surface area contributed by atoms with E-state index in [-0.39, 0.29) is 6.03 Å². The number of anilines is 2. The highest BCUT2D eigenvalue weighted by molar-refractivity contribution is 5.90. The van der Waals surface area contributed by atoms with Crippen LogP contribution in [0.4, 0.5) is 16.2 Å². The number of urea groups is 1. The number of rotatable bonds is 2. The van der Waals surface area contributed by atoms with E-state index < -0.39 is 0 Å². The molecule has 0 atom stereocenters. The second-order valence-electron chi connectivity index (χ2n) is 6.73. The molecule has 2 aliphatic heterocycles. The van der Waals surface area contributed by atoms with Crippen molar-refractivity contribution in [2.75, 3.05) is 29.9 Å². The quantitative estimate of drug-likeness (QED) is 0.916. The molecule has 0 saturated carbocycles. The van der Waals surface area contributed by atoms with E-state index in [1.54, 1.807) is 0 Å². The lowest BCUT2D eigenvalue weighted by molar-refractivity contribution is 0.160. The van der Waals surface area contributed by atoms with Crippen LogP contribution < -0.4 is 10.2 Å². The lowest BCUT2D eigenvalue weighted by Crippen LogP contribution is -2.62. The van der Waals surface area contributed by atoms with Crippen LogP contribution in [0.2, 0.25) is 0 Å². The van der Waals surface area contributed by atoms with E-state index in [4.69, 9.17) is 0 Å². The standard InChI is InChI=1S/C20H23N3O/c1-15-7-2-4-10-18(15)21-20(24)22-13-17(14-22)23-12-6-9-16-8-3-5-11-19(16)23/h2-5,7-8,10-11,17H,6,9,12-14H2,1H3,(H,21,24). The number of hydrogen-bond acceptors (Lipinski definition) is 2. The highest BCUT2D eigenvalue weighted by Crippen LogP contribution is 2.31. The number of carbonyl (C=O) groups excluding carboxylic acids is 1. The van der Waals surface area contributed by atoms with E-state index in [1.807, 2.05) is 36.1 Å². The third-order valence-electron chi connectivity index (χ3n) is 5.12. The third-order valence-corrected chi connectivity index (χ3v) is 5.12. The SMILES string of the molecule is Cc1ccccc1NC(=O)N1CC(N2CCCc3ccccc32)C1. The summed E-state index contributed by atoms with van der Waals surface area (Å²) in [5, 5.41) is 3.02. The molecule has 2 aliphatic rings. The molecule has 2 amide bonds. The van der Waals surface area contributed by atoms with E-state index in [1.165, 1.54) is 17.7 Å². The van der Waals surface area contributed by atoms with Gasteiger partial charge in [-0.05, 0) is 43.0 Å². The average Bonchev–Trinajstić information content (AvgIpc) is 2.56. The molecular formula is C20H23N3O. The van der Waals surface area contributed by atoms with Crippen LogP contribution >= 0.6 is 0 Å². The van der Waals surface area contributed by atoms with Gasteiger partial charge in [-0.25, -0.2) is 4.79 Å². The van der Waals surface area contributed by atoms with E-state index >= 15 is 0 Å². The summed E-state index contributed by atoms with van der Waals surface area (Å²) in [4.78, 5) is 16.8. The molecule has 2 aromatic rings. The zero-order chi connectivity index (χ0) is 16.5. The molecule has 4 nitrogen and oxygen atoms in total. The Morgan fingerprint density at radius 3 is 2.67 bits per heavy atom. The van der Waals surface area contributed by atoms with Crippen molar-refractivity contribution in [2.45, 2.75) is 25.8 Å². The monoisotopic (exact) mass is 321 g/mol. The molecule has 2 heterocycles. The number of nitrogens with one attached hydrogen (secondary N) is 1. The number of aryl methyl sites for hydroxylation is 2. The van der Waals surface area contributed by atoms with Crippen molar-refractivity contribution in [3.05, 3.63) is 59.7 Å². The Morgan fingerprint density at radius 2 is 1.83 bits per heavy atom. The summed E-state index contributed by atoms with van der Waals surface area (Å²) in [6.07, 6.45) is 2.36. The Morgan fingerprint density at radius 1 is 1.08 bits per heavy atom. The van der Waals surface area contributed by atoms with Gasteiger partial charge in [0.2, 0.25) is 0 Å². The van der Waals surface area contributed by atoms with Crippen molar-refractivity contribution < 1.29 is 4.79 Å². The zero-order valence-electron chi connectivity index (χ0n) is 14.0. The normalized spacial score (nSPS) is 17.2. The van der Waals surface area contributed by atoms with Crippen molar-refractivity contribution in [2.24, 2.45) is 0 Å². The molecule has 0 radical (unpaired) electrons. The van der Waals surface area contributed by atoms with Gasteiger partial charge in [-0.1, -0.05) is 36.4 Å². The minimum absolute atomic E-state index is 0.00541. The molecule has 4 rings (SSSR count). The first-order chi connectivity index (χ1) is 11.7. The second kappa shape index (κ2) is 6.19. The molecule has 0 bridgehead atoms. The first-order valence-electron chi connectivity index (χ1n) is 8.68. The molecule has 0 aromatic heterocycles. The van der Waals surface area contributed by atoms with Crippen LogP contribution in [0.5, 0.6) is 0 Å².